The van der Waals surface area contributed by atoms with Gasteiger partial charge >= 0.3 is 5.97 Å². The number of rotatable bonds is 5. The SMILES string of the molecule is O=C(O)c1ccc(CCOC2CCCCC2)cc1. The van der Waals surface area contributed by atoms with Crippen molar-refractivity contribution in [2.24, 2.45) is 0 Å². The molecule has 0 saturated heterocycles. The number of ether oxygens (including phenoxy) is 1. The molecule has 2 rings (SSSR count). The maximum atomic E-state index is 10.7. The summed E-state index contributed by atoms with van der Waals surface area (Å²) in [6.07, 6.45) is 7.61. The summed E-state index contributed by atoms with van der Waals surface area (Å²) in [6, 6.07) is 7.04. The number of hydrogen-bond donors (Lipinski definition) is 1. The molecular formula is C15H20O3. The highest BCUT2D eigenvalue weighted by atomic mass is 16.5. The molecule has 0 bridgehead atoms. The fraction of sp³-hybridized carbons (Fsp3) is 0.533. The zero-order chi connectivity index (χ0) is 12.8. The van der Waals surface area contributed by atoms with Crippen molar-refractivity contribution in [1.82, 2.24) is 0 Å². The van der Waals surface area contributed by atoms with Crippen LogP contribution in [0, 0.1) is 0 Å². The smallest absolute Gasteiger partial charge is 0.335 e. The van der Waals surface area contributed by atoms with Crippen molar-refractivity contribution in [3.63, 3.8) is 0 Å². The standard InChI is InChI=1S/C15H20O3/c16-15(17)13-8-6-12(7-9-13)10-11-18-14-4-2-1-3-5-14/h6-9,14H,1-5,10-11H2,(H,16,17). The molecule has 1 saturated carbocycles. The minimum Gasteiger partial charge on any atom is -0.478 e. The summed E-state index contributed by atoms with van der Waals surface area (Å²) < 4.78 is 5.85. The highest BCUT2D eigenvalue weighted by molar-refractivity contribution is 5.87. The highest BCUT2D eigenvalue weighted by Gasteiger charge is 2.13. The van der Waals surface area contributed by atoms with Crippen LogP contribution in [0.3, 0.4) is 0 Å². The minimum atomic E-state index is -0.875. The Labute approximate surface area is 108 Å². The average molecular weight is 248 g/mol. The van der Waals surface area contributed by atoms with Gasteiger partial charge in [0.15, 0.2) is 0 Å². The van der Waals surface area contributed by atoms with Crippen molar-refractivity contribution in [3.8, 4) is 0 Å². The number of hydrogen-bond acceptors (Lipinski definition) is 2. The van der Waals surface area contributed by atoms with E-state index < -0.39 is 5.97 Å². The molecule has 1 aromatic rings. The van der Waals surface area contributed by atoms with E-state index >= 15 is 0 Å². The second-order valence-corrected chi connectivity index (χ2v) is 4.88. The fourth-order valence-electron chi connectivity index (χ4n) is 2.39. The van der Waals surface area contributed by atoms with Gasteiger partial charge in [0, 0.05) is 0 Å². The Balaban J connectivity index is 1.74. The number of carboxylic acid groups (broad SMARTS) is 1. The minimum absolute atomic E-state index is 0.340. The molecule has 1 N–H and O–H groups in total. The Morgan fingerprint density at radius 2 is 1.83 bits per heavy atom. The normalized spacial score (nSPS) is 16.7. The molecule has 1 aliphatic carbocycles. The van der Waals surface area contributed by atoms with Crippen LogP contribution in [0.1, 0.15) is 48.0 Å². The number of carboxylic acids is 1. The molecular weight excluding hydrogens is 228 g/mol. The molecule has 1 aromatic carbocycles. The summed E-state index contributed by atoms with van der Waals surface area (Å²) >= 11 is 0. The second kappa shape index (κ2) is 6.55. The van der Waals surface area contributed by atoms with E-state index in [9.17, 15) is 4.79 Å². The zero-order valence-electron chi connectivity index (χ0n) is 10.6. The molecule has 1 fully saturated rings. The second-order valence-electron chi connectivity index (χ2n) is 4.88. The molecule has 0 aromatic heterocycles. The van der Waals surface area contributed by atoms with Gasteiger partial charge < -0.3 is 9.84 Å². The summed E-state index contributed by atoms with van der Waals surface area (Å²) in [5.41, 5.74) is 1.47. The lowest BCUT2D eigenvalue weighted by Crippen LogP contribution is -2.17. The van der Waals surface area contributed by atoms with E-state index in [1.54, 1.807) is 12.1 Å². The lowest BCUT2D eigenvalue weighted by molar-refractivity contribution is 0.0303. The third-order valence-electron chi connectivity index (χ3n) is 3.50. The van der Waals surface area contributed by atoms with Crippen molar-refractivity contribution in [1.29, 1.82) is 0 Å². The van der Waals surface area contributed by atoms with Crippen molar-refractivity contribution < 1.29 is 14.6 Å². The van der Waals surface area contributed by atoms with Crippen LogP contribution < -0.4 is 0 Å². The summed E-state index contributed by atoms with van der Waals surface area (Å²) in [4.78, 5) is 10.7. The molecule has 0 heterocycles. The predicted octanol–water partition coefficient (Wildman–Crippen LogP) is 3.28. The van der Waals surface area contributed by atoms with E-state index in [0.29, 0.717) is 11.7 Å². The maximum Gasteiger partial charge on any atom is 0.335 e. The highest BCUT2D eigenvalue weighted by Crippen LogP contribution is 2.20. The van der Waals surface area contributed by atoms with Crippen molar-refractivity contribution in [3.05, 3.63) is 35.4 Å². The van der Waals surface area contributed by atoms with Gasteiger partial charge in [-0.15, -0.1) is 0 Å². The van der Waals surface area contributed by atoms with Gasteiger partial charge in [-0.1, -0.05) is 31.4 Å². The quantitative estimate of drug-likeness (QED) is 0.869. The molecule has 3 nitrogen and oxygen atoms in total. The Kier molecular flexibility index (Phi) is 4.76. The molecule has 0 aliphatic heterocycles. The molecule has 0 atom stereocenters. The van der Waals surface area contributed by atoms with Crippen LogP contribution in [-0.4, -0.2) is 23.8 Å². The van der Waals surface area contributed by atoms with Gasteiger partial charge in [-0.05, 0) is 37.0 Å². The molecule has 0 radical (unpaired) electrons. The molecule has 18 heavy (non-hydrogen) atoms. The zero-order valence-corrected chi connectivity index (χ0v) is 10.6. The first-order valence-electron chi connectivity index (χ1n) is 6.69. The summed E-state index contributed by atoms with van der Waals surface area (Å²) in [6.45, 7) is 0.733. The summed E-state index contributed by atoms with van der Waals surface area (Å²) in [5, 5.41) is 8.80. The predicted molar refractivity (Wildman–Crippen MR) is 69.9 cm³/mol. The summed E-state index contributed by atoms with van der Waals surface area (Å²) in [7, 11) is 0. The van der Waals surface area contributed by atoms with Crippen LogP contribution in [0.2, 0.25) is 0 Å². The van der Waals surface area contributed by atoms with E-state index in [1.165, 1.54) is 32.1 Å². The van der Waals surface area contributed by atoms with Gasteiger partial charge in [0.1, 0.15) is 0 Å². The van der Waals surface area contributed by atoms with Gasteiger partial charge in [-0.2, -0.15) is 0 Å². The molecule has 0 unspecified atom stereocenters. The topological polar surface area (TPSA) is 46.5 Å². The number of carbonyl (C=O) groups is 1. The van der Waals surface area contributed by atoms with Crippen molar-refractivity contribution in [2.45, 2.75) is 44.6 Å². The van der Waals surface area contributed by atoms with Crippen LogP contribution in [0.25, 0.3) is 0 Å². The van der Waals surface area contributed by atoms with Gasteiger partial charge in [0.25, 0.3) is 0 Å². The first kappa shape index (κ1) is 13.1. The van der Waals surface area contributed by atoms with E-state index in [1.807, 2.05) is 12.1 Å². The van der Waals surface area contributed by atoms with Gasteiger partial charge in [-0.3, -0.25) is 0 Å². The third-order valence-corrected chi connectivity index (χ3v) is 3.50. The monoisotopic (exact) mass is 248 g/mol. The lowest BCUT2D eigenvalue weighted by Gasteiger charge is -2.21. The lowest BCUT2D eigenvalue weighted by atomic mass is 9.98. The molecule has 98 valence electrons. The average Bonchev–Trinajstić information content (AvgIpc) is 2.40. The Hall–Kier alpha value is -1.35. The third kappa shape index (κ3) is 3.84. The number of benzene rings is 1. The van der Waals surface area contributed by atoms with Crippen molar-refractivity contribution in [2.75, 3.05) is 6.61 Å². The van der Waals surface area contributed by atoms with Crippen LogP contribution in [0.5, 0.6) is 0 Å². The van der Waals surface area contributed by atoms with Crippen LogP contribution in [-0.2, 0) is 11.2 Å². The van der Waals surface area contributed by atoms with Crippen molar-refractivity contribution >= 4 is 5.97 Å². The number of aromatic carboxylic acids is 1. The van der Waals surface area contributed by atoms with Crippen LogP contribution in [0.4, 0.5) is 0 Å². The van der Waals surface area contributed by atoms with E-state index in [4.69, 9.17) is 9.84 Å². The molecule has 3 heteroatoms. The maximum absolute atomic E-state index is 10.7. The van der Waals surface area contributed by atoms with Crippen LogP contribution >= 0.6 is 0 Å². The Bertz CT molecular complexity index is 377. The van der Waals surface area contributed by atoms with Gasteiger partial charge in [0.05, 0.1) is 18.3 Å². The van der Waals surface area contributed by atoms with E-state index in [2.05, 4.69) is 0 Å². The fourth-order valence-corrected chi connectivity index (χ4v) is 2.39. The largest absolute Gasteiger partial charge is 0.478 e. The van der Waals surface area contributed by atoms with Gasteiger partial charge in [0.2, 0.25) is 0 Å². The van der Waals surface area contributed by atoms with Crippen LogP contribution in [0.15, 0.2) is 24.3 Å². The molecule has 0 amide bonds. The molecule has 0 spiro atoms. The first-order valence-corrected chi connectivity index (χ1v) is 6.69. The summed E-state index contributed by atoms with van der Waals surface area (Å²) in [5.74, 6) is -0.875. The Morgan fingerprint density at radius 1 is 1.17 bits per heavy atom. The van der Waals surface area contributed by atoms with E-state index in [0.717, 1.165) is 18.6 Å². The first-order chi connectivity index (χ1) is 8.75. The van der Waals surface area contributed by atoms with Gasteiger partial charge in [-0.25, -0.2) is 4.79 Å². The Morgan fingerprint density at radius 3 is 2.44 bits per heavy atom. The van der Waals surface area contributed by atoms with E-state index in [-0.39, 0.29) is 0 Å². The molecule has 1 aliphatic rings.